The van der Waals surface area contributed by atoms with Crippen LogP contribution in [0.15, 0.2) is 0 Å². The number of amides is 2. The fraction of sp³-hybridized carbons (Fsp3) is 0.571. The van der Waals surface area contributed by atoms with Crippen LogP contribution in [0.25, 0.3) is 0 Å². The fourth-order valence-corrected chi connectivity index (χ4v) is 1.05. The molecular weight excluding hydrogens is 192 g/mol. The van der Waals surface area contributed by atoms with E-state index in [1.54, 1.807) is 0 Å². The van der Waals surface area contributed by atoms with Gasteiger partial charge in [-0.3, -0.25) is 14.4 Å². The quantitative estimate of drug-likeness (QED) is 0.476. The van der Waals surface area contributed by atoms with Crippen molar-refractivity contribution in [2.24, 2.45) is 0 Å². The zero-order chi connectivity index (χ0) is 10.6. The Kier molecular flexibility index (Phi) is 3.41. The van der Waals surface area contributed by atoms with Gasteiger partial charge in [0.2, 0.25) is 5.91 Å². The molecule has 0 aliphatic carbocycles. The summed E-state index contributed by atoms with van der Waals surface area (Å²) in [7, 11) is 0. The molecule has 1 rings (SSSR count). The van der Waals surface area contributed by atoms with Gasteiger partial charge >= 0.3 is 5.97 Å². The third kappa shape index (κ3) is 3.02. The number of rotatable bonds is 4. The summed E-state index contributed by atoms with van der Waals surface area (Å²) in [4.78, 5) is 36.2. The highest BCUT2D eigenvalue weighted by molar-refractivity contribution is 5.90. The molecule has 1 heterocycles. The van der Waals surface area contributed by atoms with Crippen molar-refractivity contribution in [1.82, 2.24) is 10.8 Å². The number of nitrogens with one attached hydrogen (secondary N) is 2. The van der Waals surface area contributed by atoms with Crippen LogP contribution in [0.5, 0.6) is 0 Å². The highest BCUT2D eigenvalue weighted by Gasteiger charge is 2.27. The van der Waals surface area contributed by atoms with E-state index in [0.29, 0.717) is 12.8 Å². The van der Waals surface area contributed by atoms with Crippen molar-refractivity contribution >= 4 is 17.8 Å². The van der Waals surface area contributed by atoms with Crippen LogP contribution >= 0.6 is 0 Å². The molecule has 0 radical (unpaired) electrons. The number of aliphatic carboxylic acids is 1. The summed E-state index contributed by atoms with van der Waals surface area (Å²) in [6.45, 7) is -0.605. The molecule has 1 saturated heterocycles. The molecule has 7 heteroatoms. The molecule has 14 heavy (non-hydrogen) atoms. The molecule has 0 aromatic rings. The third-order valence-electron chi connectivity index (χ3n) is 1.68. The molecule has 0 aromatic heterocycles. The summed E-state index contributed by atoms with van der Waals surface area (Å²) in [5, 5.41) is 10.6. The van der Waals surface area contributed by atoms with Crippen molar-refractivity contribution in [1.29, 1.82) is 0 Å². The average Bonchev–Trinajstić information content (AvgIpc) is 2.51. The van der Waals surface area contributed by atoms with Gasteiger partial charge in [0, 0.05) is 6.42 Å². The molecule has 0 spiro atoms. The lowest BCUT2D eigenvalue weighted by Crippen LogP contribution is -2.42. The normalized spacial score (nSPS) is 20.3. The lowest BCUT2D eigenvalue weighted by atomic mass is 10.2. The van der Waals surface area contributed by atoms with Gasteiger partial charge in [0.05, 0.1) is 0 Å². The van der Waals surface area contributed by atoms with Gasteiger partial charge in [-0.2, -0.15) is 0 Å². The maximum absolute atomic E-state index is 11.1. The van der Waals surface area contributed by atoms with Crippen LogP contribution in [-0.2, 0) is 19.2 Å². The largest absolute Gasteiger partial charge is 0.479 e. The Labute approximate surface area is 79.4 Å². The molecule has 0 aromatic carbocycles. The van der Waals surface area contributed by atoms with Crippen LogP contribution in [0.3, 0.4) is 0 Å². The summed E-state index contributed by atoms with van der Waals surface area (Å²) in [6.07, 6.45) is 0.706. The summed E-state index contributed by atoms with van der Waals surface area (Å²) >= 11 is 0. The Morgan fingerprint density at radius 3 is 2.86 bits per heavy atom. The number of hydrogen-bond acceptors (Lipinski definition) is 4. The first-order valence-electron chi connectivity index (χ1n) is 4.02. The van der Waals surface area contributed by atoms with E-state index in [-0.39, 0.29) is 5.91 Å². The lowest BCUT2D eigenvalue weighted by Gasteiger charge is -2.09. The van der Waals surface area contributed by atoms with E-state index in [4.69, 9.17) is 5.11 Å². The van der Waals surface area contributed by atoms with Crippen molar-refractivity contribution in [2.75, 3.05) is 6.61 Å². The van der Waals surface area contributed by atoms with Crippen molar-refractivity contribution in [2.45, 2.75) is 18.9 Å². The molecule has 0 bridgehead atoms. The number of carboxylic acid groups (broad SMARTS) is 1. The molecular formula is C7H10N2O5. The van der Waals surface area contributed by atoms with E-state index in [0.717, 1.165) is 0 Å². The SMILES string of the molecule is O=C(O)CONC(=O)[C@@H]1CCC(=O)N1. The highest BCUT2D eigenvalue weighted by atomic mass is 16.7. The zero-order valence-corrected chi connectivity index (χ0v) is 7.28. The average molecular weight is 202 g/mol. The van der Waals surface area contributed by atoms with Gasteiger partial charge in [-0.25, -0.2) is 10.3 Å². The van der Waals surface area contributed by atoms with E-state index in [2.05, 4.69) is 10.2 Å². The van der Waals surface area contributed by atoms with Crippen LogP contribution in [-0.4, -0.2) is 35.5 Å². The highest BCUT2D eigenvalue weighted by Crippen LogP contribution is 2.05. The number of carbonyl (C=O) groups excluding carboxylic acids is 2. The van der Waals surface area contributed by atoms with Crippen molar-refractivity contribution < 1.29 is 24.3 Å². The topological polar surface area (TPSA) is 105 Å². The van der Waals surface area contributed by atoms with E-state index in [9.17, 15) is 14.4 Å². The second kappa shape index (κ2) is 4.56. The van der Waals surface area contributed by atoms with E-state index < -0.39 is 24.5 Å². The van der Waals surface area contributed by atoms with Crippen molar-refractivity contribution in [3.05, 3.63) is 0 Å². The molecule has 2 amide bonds. The maximum Gasteiger partial charge on any atom is 0.332 e. The summed E-state index contributed by atoms with van der Waals surface area (Å²) < 4.78 is 0. The Morgan fingerprint density at radius 1 is 1.64 bits per heavy atom. The van der Waals surface area contributed by atoms with Gasteiger partial charge in [-0.15, -0.1) is 0 Å². The molecule has 0 unspecified atom stereocenters. The van der Waals surface area contributed by atoms with Crippen LogP contribution in [0.1, 0.15) is 12.8 Å². The zero-order valence-electron chi connectivity index (χ0n) is 7.28. The molecule has 3 N–H and O–H groups in total. The van der Waals surface area contributed by atoms with Crippen LogP contribution in [0, 0.1) is 0 Å². The van der Waals surface area contributed by atoms with Gasteiger partial charge in [-0.1, -0.05) is 0 Å². The fourth-order valence-electron chi connectivity index (χ4n) is 1.05. The van der Waals surface area contributed by atoms with Gasteiger partial charge in [-0.05, 0) is 6.42 Å². The van der Waals surface area contributed by atoms with E-state index in [1.807, 2.05) is 5.48 Å². The summed E-state index contributed by atoms with van der Waals surface area (Å²) in [5.41, 5.74) is 1.94. The maximum atomic E-state index is 11.1. The molecule has 78 valence electrons. The second-order valence-electron chi connectivity index (χ2n) is 2.81. The van der Waals surface area contributed by atoms with Crippen molar-refractivity contribution in [3.63, 3.8) is 0 Å². The van der Waals surface area contributed by atoms with Crippen LogP contribution in [0.2, 0.25) is 0 Å². The predicted molar refractivity (Wildman–Crippen MR) is 42.9 cm³/mol. The first-order chi connectivity index (χ1) is 6.59. The summed E-state index contributed by atoms with van der Waals surface area (Å²) in [5.74, 6) is -1.90. The minimum Gasteiger partial charge on any atom is -0.479 e. The molecule has 7 nitrogen and oxygen atoms in total. The first kappa shape index (κ1) is 10.5. The van der Waals surface area contributed by atoms with Crippen LogP contribution < -0.4 is 10.8 Å². The van der Waals surface area contributed by atoms with E-state index in [1.165, 1.54) is 0 Å². The number of carboxylic acids is 1. The number of hydroxylamine groups is 1. The standard InChI is InChI=1S/C7H10N2O5/c10-5-2-1-4(8-5)7(13)9-14-3-6(11)12/h4H,1-3H2,(H,8,10)(H,9,13)(H,11,12)/t4-/m0/s1. The molecule has 0 saturated carbocycles. The summed E-state index contributed by atoms with van der Waals surface area (Å²) in [6, 6.07) is -0.615. The van der Waals surface area contributed by atoms with Crippen LogP contribution in [0.4, 0.5) is 0 Å². The molecule has 1 atom stereocenters. The van der Waals surface area contributed by atoms with Crippen molar-refractivity contribution in [3.8, 4) is 0 Å². The monoisotopic (exact) mass is 202 g/mol. The lowest BCUT2D eigenvalue weighted by molar-refractivity contribution is -0.150. The smallest absolute Gasteiger partial charge is 0.332 e. The third-order valence-corrected chi connectivity index (χ3v) is 1.68. The Hall–Kier alpha value is -1.63. The van der Waals surface area contributed by atoms with Gasteiger partial charge in [0.15, 0.2) is 6.61 Å². The number of hydrogen-bond donors (Lipinski definition) is 3. The molecule has 1 fully saturated rings. The second-order valence-corrected chi connectivity index (χ2v) is 2.81. The molecule has 1 aliphatic heterocycles. The Morgan fingerprint density at radius 2 is 2.36 bits per heavy atom. The predicted octanol–water partition coefficient (Wildman–Crippen LogP) is -1.60. The molecule has 1 aliphatic rings. The minimum absolute atomic E-state index is 0.191. The number of carbonyl (C=O) groups is 3. The minimum atomic E-state index is -1.18. The Bertz CT molecular complexity index is 265. The van der Waals surface area contributed by atoms with Gasteiger partial charge in [0.1, 0.15) is 6.04 Å². The van der Waals surface area contributed by atoms with E-state index >= 15 is 0 Å². The Balaban J connectivity index is 2.22. The van der Waals surface area contributed by atoms with Gasteiger partial charge in [0.25, 0.3) is 5.91 Å². The van der Waals surface area contributed by atoms with Gasteiger partial charge < -0.3 is 10.4 Å². The first-order valence-corrected chi connectivity index (χ1v) is 4.02.